The number of fused-ring (bicyclic) bond motifs is 1. The van der Waals surface area contributed by atoms with Crippen LogP contribution >= 0.6 is 11.3 Å². The number of aliphatic hydroxyl groups is 1. The number of β-amino-alcohol motifs (C(OH)–C–C–N with tert-alkyl or cyclic N) is 1. The highest BCUT2D eigenvalue weighted by atomic mass is 32.1. The van der Waals surface area contributed by atoms with Gasteiger partial charge in [0.05, 0.1) is 51.7 Å². The van der Waals surface area contributed by atoms with Gasteiger partial charge in [0.25, 0.3) is 5.91 Å². The van der Waals surface area contributed by atoms with Gasteiger partial charge in [0, 0.05) is 101 Å². The summed E-state index contributed by atoms with van der Waals surface area (Å²) in [5, 5.41) is 29.6. The Balaban J connectivity index is 0.626. The lowest BCUT2D eigenvalue weighted by atomic mass is 9.85. The van der Waals surface area contributed by atoms with Gasteiger partial charge < -0.3 is 36.2 Å². The topological polar surface area (TPSA) is 235 Å². The summed E-state index contributed by atoms with van der Waals surface area (Å²) in [7, 11) is 0. The van der Waals surface area contributed by atoms with Crippen LogP contribution in [0.5, 0.6) is 0 Å². The van der Waals surface area contributed by atoms with Crippen LogP contribution in [0.1, 0.15) is 125 Å². The van der Waals surface area contributed by atoms with E-state index in [0.29, 0.717) is 69.5 Å². The van der Waals surface area contributed by atoms with Gasteiger partial charge >= 0.3 is 0 Å². The number of carbonyl (C=O) groups is 5. The fourth-order valence-electron chi connectivity index (χ4n) is 10.2. The minimum atomic E-state index is -0.882. The second-order valence-electron chi connectivity index (χ2n) is 22.0. The number of H-pyrrole nitrogens is 1. The van der Waals surface area contributed by atoms with E-state index in [4.69, 9.17) is 4.98 Å². The first-order chi connectivity index (χ1) is 37.6. The third-order valence-corrected chi connectivity index (χ3v) is 15.9. The summed E-state index contributed by atoms with van der Waals surface area (Å²) in [6, 6.07) is 10.6. The van der Waals surface area contributed by atoms with E-state index in [-0.39, 0.29) is 66.7 Å². The first-order valence-corrected chi connectivity index (χ1v) is 28.2. The zero-order valence-corrected chi connectivity index (χ0v) is 45.8. The summed E-state index contributed by atoms with van der Waals surface area (Å²) >= 11 is 1.58. The zero-order chi connectivity index (χ0) is 54.9. The molecule has 4 aromatic heterocycles. The molecule has 5 amide bonds. The van der Waals surface area contributed by atoms with Gasteiger partial charge in [0.2, 0.25) is 23.6 Å². The van der Waals surface area contributed by atoms with E-state index in [1.165, 1.54) is 11.0 Å². The molecular formula is C57H72FN13O6S. The number of aryl methyl sites for hydroxylation is 1. The third-order valence-electron chi connectivity index (χ3n) is 14.9. The Morgan fingerprint density at radius 3 is 2.28 bits per heavy atom. The molecule has 6 aromatic rings. The van der Waals surface area contributed by atoms with Crippen LogP contribution in [0.2, 0.25) is 0 Å². The van der Waals surface area contributed by atoms with E-state index in [9.17, 15) is 29.1 Å². The monoisotopic (exact) mass is 1090 g/mol. The number of amides is 5. The summed E-state index contributed by atoms with van der Waals surface area (Å²) in [5.74, 6) is -0.983. The lowest BCUT2D eigenvalue weighted by Gasteiger charge is -2.35. The highest BCUT2D eigenvalue weighted by Gasteiger charge is 2.44. The van der Waals surface area contributed by atoms with Gasteiger partial charge in [-0.3, -0.25) is 38.4 Å². The number of aromatic nitrogens is 6. The maximum atomic E-state index is 15.7. The van der Waals surface area contributed by atoms with E-state index in [1.54, 1.807) is 47.0 Å². The molecule has 0 radical (unpaired) electrons. The molecule has 2 aliphatic heterocycles. The van der Waals surface area contributed by atoms with Crippen LogP contribution in [0.25, 0.3) is 27.3 Å². The van der Waals surface area contributed by atoms with Crippen LogP contribution in [0.4, 0.5) is 15.9 Å². The number of nitrogens with zero attached hydrogens (tertiary/aromatic N) is 8. The van der Waals surface area contributed by atoms with E-state index >= 15 is 4.39 Å². The highest BCUT2D eigenvalue weighted by Crippen LogP contribution is 2.41. The van der Waals surface area contributed by atoms with Gasteiger partial charge in [-0.15, -0.1) is 11.3 Å². The van der Waals surface area contributed by atoms with Crippen molar-refractivity contribution in [2.24, 2.45) is 5.41 Å². The number of hydrogen-bond acceptors (Lipinski definition) is 13. The van der Waals surface area contributed by atoms with Crippen molar-refractivity contribution in [2.45, 2.75) is 129 Å². The van der Waals surface area contributed by atoms with Crippen LogP contribution < -0.4 is 21.3 Å². The van der Waals surface area contributed by atoms with Gasteiger partial charge in [-0.25, -0.2) is 19.3 Å². The molecular weight excluding hydrogens is 1010 g/mol. The Labute approximate surface area is 458 Å². The molecule has 78 heavy (non-hydrogen) atoms. The molecule has 414 valence electrons. The number of benzene rings is 2. The number of imidazole rings is 1. The molecule has 3 fully saturated rings. The number of thiazole rings is 1. The Morgan fingerprint density at radius 1 is 0.885 bits per heavy atom. The lowest BCUT2D eigenvalue weighted by Crippen LogP contribution is -2.57. The summed E-state index contributed by atoms with van der Waals surface area (Å²) in [6.45, 7) is 11.3. The van der Waals surface area contributed by atoms with Crippen LogP contribution in [0, 0.1) is 18.2 Å². The number of nitrogens with one attached hydrogen (secondary N) is 5. The fraction of sp³-hybridized carbons (Fsp3) is 0.491. The number of rotatable bonds is 23. The molecule has 6 heterocycles. The third kappa shape index (κ3) is 14.0. The fourth-order valence-corrected chi connectivity index (χ4v) is 11.1. The molecule has 1 aliphatic carbocycles. The first-order valence-electron chi connectivity index (χ1n) is 27.4. The number of hydrogen-bond donors (Lipinski definition) is 6. The molecule has 2 aromatic carbocycles. The van der Waals surface area contributed by atoms with E-state index in [1.807, 2.05) is 68.1 Å². The summed E-state index contributed by atoms with van der Waals surface area (Å²) in [4.78, 5) is 87.0. The number of carbonyl (C=O) groups excluding carboxylic acids is 5. The normalized spacial score (nSPS) is 17.3. The molecule has 0 spiro atoms. The Bertz CT molecular complexity index is 3050. The standard InChI is InChI=1S/C57H72FN13O6S/c1-36-50(78-35-62-36)39-15-13-37(14-16-39)29-61-54(75)46-28-42(72)33-71(46)56(77)51(57(2,3)4)67-49(74)12-10-8-6-5-7-9-11-48(73)59-21-22-68-23-25-69(26-24-68)55(76)40-19-20-44(43(58)27-40)65-52-53-60-32-47(41-30-63-64-31-41)70(53)34-45(66-52)38-17-18-38/h13-16,19-20,27,30-32,34-35,38,42,46,51,72H,5-12,17-18,21-26,28-29,33H2,1-4H3,(H,59,73)(H,61,75)(H,63,64)(H,65,66)(H,67,74)/t42-,46+,51-/m1/s1. The second-order valence-corrected chi connectivity index (χ2v) is 22.8. The molecule has 6 N–H and O–H groups in total. The van der Waals surface area contributed by atoms with Crippen molar-refractivity contribution in [1.82, 2.24) is 60.2 Å². The minimum absolute atomic E-state index is 0.00236. The predicted octanol–water partition coefficient (Wildman–Crippen LogP) is 7.12. The van der Waals surface area contributed by atoms with Gasteiger partial charge in [0.15, 0.2) is 11.5 Å². The maximum Gasteiger partial charge on any atom is 0.254 e. The van der Waals surface area contributed by atoms with Gasteiger partial charge in [-0.2, -0.15) is 5.10 Å². The van der Waals surface area contributed by atoms with E-state index in [0.717, 1.165) is 83.6 Å². The van der Waals surface area contributed by atoms with Crippen molar-refractivity contribution >= 4 is 58.0 Å². The maximum absolute atomic E-state index is 15.7. The van der Waals surface area contributed by atoms with Crippen LogP contribution in [0.15, 0.2) is 72.8 Å². The smallest absolute Gasteiger partial charge is 0.254 e. The van der Waals surface area contributed by atoms with Gasteiger partial charge in [-0.05, 0) is 67.3 Å². The Kier molecular flexibility index (Phi) is 17.9. The number of anilines is 2. The van der Waals surface area contributed by atoms with Crippen molar-refractivity contribution in [2.75, 3.05) is 51.1 Å². The average Bonchev–Trinajstić information content (AvgIpc) is 3.83. The van der Waals surface area contributed by atoms with Crippen molar-refractivity contribution in [1.29, 1.82) is 0 Å². The summed E-state index contributed by atoms with van der Waals surface area (Å²) < 4.78 is 17.6. The number of aliphatic hydroxyl groups excluding tert-OH is 1. The second kappa shape index (κ2) is 25.1. The zero-order valence-electron chi connectivity index (χ0n) is 45.0. The molecule has 3 aliphatic rings. The number of halogens is 1. The number of aromatic amines is 1. The Morgan fingerprint density at radius 2 is 1.62 bits per heavy atom. The van der Waals surface area contributed by atoms with E-state index in [2.05, 4.69) is 46.3 Å². The highest BCUT2D eigenvalue weighted by molar-refractivity contribution is 7.13. The van der Waals surface area contributed by atoms with Crippen molar-refractivity contribution in [3.05, 3.63) is 101 Å². The lowest BCUT2D eigenvalue weighted by molar-refractivity contribution is -0.144. The molecule has 0 bridgehead atoms. The van der Waals surface area contributed by atoms with Crippen LogP contribution in [-0.4, -0.2) is 143 Å². The molecule has 19 nitrogen and oxygen atoms in total. The van der Waals surface area contributed by atoms with E-state index < -0.39 is 29.4 Å². The van der Waals surface area contributed by atoms with Crippen molar-refractivity contribution in [3.8, 4) is 21.7 Å². The molecule has 2 saturated heterocycles. The Hall–Kier alpha value is -7.10. The number of likely N-dealkylation sites (tertiary alicyclic amines) is 1. The first kappa shape index (κ1) is 55.6. The molecule has 9 rings (SSSR count). The predicted molar refractivity (Wildman–Crippen MR) is 296 cm³/mol. The van der Waals surface area contributed by atoms with Crippen molar-refractivity contribution < 1.29 is 33.5 Å². The van der Waals surface area contributed by atoms with Crippen molar-refractivity contribution in [3.63, 3.8) is 0 Å². The minimum Gasteiger partial charge on any atom is -0.391 e. The molecule has 3 atom stereocenters. The summed E-state index contributed by atoms with van der Waals surface area (Å²) in [6.07, 6.45) is 14.3. The largest absolute Gasteiger partial charge is 0.391 e. The van der Waals surface area contributed by atoms with Gasteiger partial charge in [-0.1, -0.05) is 70.7 Å². The number of piperazine rings is 1. The average molecular weight is 1090 g/mol. The SMILES string of the molecule is Cc1ncsc1-c1ccc(CNC(=O)[C@@H]2C[C@@H](O)CN2C(=O)[C@@H](NC(=O)CCCCCCCCC(=O)NCCN2CCN(C(=O)c3ccc(Nc4nc(C5CC5)cn5c(-c6cn[nH]c6)cnc45)c(F)c3)CC2)C(C)(C)C)cc1. The molecule has 21 heteroatoms. The number of unbranched alkanes of at least 4 members (excludes halogenated alkanes) is 5. The van der Waals surface area contributed by atoms with Crippen LogP contribution in [0.3, 0.4) is 0 Å². The van der Waals surface area contributed by atoms with Crippen LogP contribution in [-0.2, 0) is 25.7 Å². The summed E-state index contributed by atoms with van der Waals surface area (Å²) in [5.41, 5.74) is 7.73. The molecule has 1 saturated carbocycles. The molecule has 0 unspecified atom stereocenters. The van der Waals surface area contributed by atoms with Gasteiger partial charge in [0.1, 0.15) is 17.9 Å². The quantitative estimate of drug-likeness (QED) is 0.0352.